The van der Waals surface area contributed by atoms with E-state index in [1.807, 2.05) is 13.0 Å². The largest absolute Gasteiger partial charge is 0.492 e. The van der Waals surface area contributed by atoms with Crippen molar-refractivity contribution in [2.24, 2.45) is 0 Å². The van der Waals surface area contributed by atoms with Crippen molar-refractivity contribution in [2.45, 2.75) is 18.2 Å². The molecule has 0 saturated heterocycles. The van der Waals surface area contributed by atoms with Gasteiger partial charge in [0.05, 0.1) is 17.2 Å². The average molecular weight is 392 g/mol. The molecule has 0 heterocycles. The number of hydrogen-bond acceptors (Lipinski definition) is 5. The number of methoxy groups -OCH3 is 1. The maximum Gasteiger partial charge on any atom is 0.255 e. The molecule has 0 aromatic heterocycles. The molecule has 0 radical (unpaired) electrons. The van der Waals surface area contributed by atoms with Gasteiger partial charge in [-0.05, 0) is 43.7 Å². The van der Waals surface area contributed by atoms with Gasteiger partial charge in [0.2, 0.25) is 10.0 Å². The molecule has 146 valence electrons. The van der Waals surface area contributed by atoms with Crippen LogP contribution in [0.5, 0.6) is 5.75 Å². The maximum atomic E-state index is 12.5. The summed E-state index contributed by atoms with van der Waals surface area (Å²) in [6.07, 6.45) is 0.560. The zero-order chi connectivity index (χ0) is 19.7. The van der Waals surface area contributed by atoms with Crippen LogP contribution < -0.4 is 14.8 Å². The second kappa shape index (κ2) is 10.1. The van der Waals surface area contributed by atoms with Gasteiger partial charge in [-0.2, -0.15) is 0 Å². The molecule has 0 atom stereocenters. The number of amides is 1. The van der Waals surface area contributed by atoms with Crippen LogP contribution in [0.1, 0.15) is 23.7 Å². The van der Waals surface area contributed by atoms with Gasteiger partial charge in [-0.1, -0.05) is 18.2 Å². The Morgan fingerprint density at radius 1 is 1.11 bits per heavy atom. The second-order valence-electron chi connectivity index (χ2n) is 5.66. The lowest BCUT2D eigenvalue weighted by Crippen LogP contribution is -2.25. The Morgan fingerprint density at radius 2 is 1.85 bits per heavy atom. The van der Waals surface area contributed by atoms with E-state index < -0.39 is 10.0 Å². The van der Waals surface area contributed by atoms with Gasteiger partial charge in [0.15, 0.2) is 0 Å². The van der Waals surface area contributed by atoms with Gasteiger partial charge in [-0.15, -0.1) is 0 Å². The summed E-state index contributed by atoms with van der Waals surface area (Å²) in [6, 6.07) is 13.0. The third kappa shape index (κ3) is 6.06. The molecule has 27 heavy (non-hydrogen) atoms. The van der Waals surface area contributed by atoms with Crippen LogP contribution in [0.3, 0.4) is 0 Å². The number of carbonyl (C=O) groups excluding carboxylic acids is 1. The summed E-state index contributed by atoms with van der Waals surface area (Å²) in [5.41, 5.74) is 0.761. The van der Waals surface area contributed by atoms with Crippen molar-refractivity contribution in [1.29, 1.82) is 0 Å². The van der Waals surface area contributed by atoms with Crippen LogP contribution in [-0.4, -0.2) is 41.2 Å². The number of carbonyl (C=O) groups is 1. The molecule has 8 heteroatoms. The van der Waals surface area contributed by atoms with Crippen LogP contribution in [0.4, 0.5) is 5.69 Å². The van der Waals surface area contributed by atoms with Crippen LogP contribution in [0.25, 0.3) is 0 Å². The quantitative estimate of drug-likeness (QED) is 0.606. The molecule has 0 aliphatic rings. The Bertz CT molecular complexity index is 854. The Morgan fingerprint density at radius 3 is 2.52 bits per heavy atom. The molecule has 2 aromatic carbocycles. The van der Waals surface area contributed by atoms with Crippen molar-refractivity contribution >= 4 is 21.6 Å². The molecule has 0 aliphatic heterocycles. The maximum absolute atomic E-state index is 12.5. The van der Waals surface area contributed by atoms with Crippen molar-refractivity contribution in [3.05, 3.63) is 54.1 Å². The summed E-state index contributed by atoms with van der Waals surface area (Å²) in [5, 5.41) is 2.72. The first-order valence-corrected chi connectivity index (χ1v) is 10.1. The highest BCUT2D eigenvalue weighted by Gasteiger charge is 2.18. The molecule has 2 rings (SSSR count). The predicted molar refractivity (Wildman–Crippen MR) is 104 cm³/mol. The first kappa shape index (κ1) is 20.9. The Kier molecular flexibility index (Phi) is 7.78. The highest BCUT2D eigenvalue weighted by atomic mass is 32.2. The van der Waals surface area contributed by atoms with Crippen molar-refractivity contribution in [2.75, 3.05) is 32.2 Å². The van der Waals surface area contributed by atoms with E-state index in [0.717, 1.165) is 0 Å². The van der Waals surface area contributed by atoms with Gasteiger partial charge in [0.25, 0.3) is 5.91 Å². The van der Waals surface area contributed by atoms with E-state index in [-0.39, 0.29) is 17.3 Å². The monoisotopic (exact) mass is 392 g/mol. The standard InChI is InChI=1S/C19H24N2O5S/c1-3-26-18-11-10-16(27(23,24)20-12-7-13-25-2)14-17(18)21-19(22)15-8-5-4-6-9-15/h4-6,8-11,14,20H,3,7,12-13H2,1-2H3,(H,21,22). The molecule has 0 unspecified atom stereocenters. The molecular weight excluding hydrogens is 368 g/mol. The SMILES string of the molecule is CCOc1ccc(S(=O)(=O)NCCCOC)cc1NC(=O)c1ccccc1. The van der Waals surface area contributed by atoms with Crippen molar-refractivity contribution in [1.82, 2.24) is 4.72 Å². The van der Waals surface area contributed by atoms with Gasteiger partial charge >= 0.3 is 0 Å². The smallest absolute Gasteiger partial charge is 0.255 e. The molecule has 0 saturated carbocycles. The lowest BCUT2D eigenvalue weighted by atomic mass is 10.2. The van der Waals surface area contributed by atoms with Crippen molar-refractivity contribution in [3.63, 3.8) is 0 Å². The third-order valence-electron chi connectivity index (χ3n) is 3.66. The van der Waals surface area contributed by atoms with Gasteiger partial charge in [0.1, 0.15) is 5.75 Å². The topological polar surface area (TPSA) is 93.7 Å². The molecule has 0 aliphatic carbocycles. The van der Waals surface area contributed by atoms with E-state index in [2.05, 4.69) is 10.0 Å². The lowest BCUT2D eigenvalue weighted by Gasteiger charge is -2.14. The summed E-state index contributed by atoms with van der Waals surface area (Å²) in [4.78, 5) is 12.5. The molecule has 2 N–H and O–H groups in total. The van der Waals surface area contributed by atoms with E-state index >= 15 is 0 Å². The fourth-order valence-electron chi connectivity index (χ4n) is 2.35. The highest BCUT2D eigenvalue weighted by Crippen LogP contribution is 2.28. The summed E-state index contributed by atoms with van der Waals surface area (Å²) in [7, 11) is -2.15. The van der Waals surface area contributed by atoms with Gasteiger partial charge in [0, 0.05) is 25.8 Å². The second-order valence-corrected chi connectivity index (χ2v) is 7.42. The summed E-state index contributed by atoms with van der Waals surface area (Å²) < 4.78 is 37.9. The number of ether oxygens (including phenoxy) is 2. The van der Waals surface area contributed by atoms with Crippen molar-refractivity contribution in [3.8, 4) is 5.75 Å². The van der Waals surface area contributed by atoms with Gasteiger partial charge in [-0.3, -0.25) is 4.79 Å². The Labute approximate surface area is 159 Å². The fourth-order valence-corrected chi connectivity index (χ4v) is 3.45. The van der Waals surface area contributed by atoms with Crippen LogP contribution in [0, 0.1) is 0 Å². The highest BCUT2D eigenvalue weighted by molar-refractivity contribution is 7.89. The molecule has 0 bridgehead atoms. The third-order valence-corrected chi connectivity index (χ3v) is 5.12. The van der Waals surface area contributed by atoms with Gasteiger partial charge < -0.3 is 14.8 Å². The average Bonchev–Trinajstić information content (AvgIpc) is 2.67. The van der Waals surface area contributed by atoms with Gasteiger partial charge in [-0.25, -0.2) is 13.1 Å². The first-order chi connectivity index (χ1) is 13.0. The van der Waals surface area contributed by atoms with E-state index in [9.17, 15) is 13.2 Å². The number of anilines is 1. The molecule has 7 nitrogen and oxygen atoms in total. The first-order valence-electron chi connectivity index (χ1n) is 8.59. The van der Waals surface area contributed by atoms with E-state index in [1.165, 1.54) is 18.2 Å². The van der Waals surface area contributed by atoms with E-state index in [4.69, 9.17) is 9.47 Å². The summed E-state index contributed by atoms with van der Waals surface area (Å²) >= 11 is 0. The molecule has 2 aromatic rings. The van der Waals surface area contributed by atoms with Crippen molar-refractivity contribution < 1.29 is 22.7 Å². The van der Waals surface area contributed by atoms with Crippen LogP contribution >= 0.6 is 0 Å². The number of rotatable bonds is 10. The number of nitrogens with one attached hydrogen (secondary N) is 2. The number of benzene rings is 2. The minimum atomic E-state index is -3.71. The predicted octanol–water partition coefficient (Wildman–Crippen LogP) is 2.65. The van der Waals surface area contributed by atoms with E-state index in [1.54, 1.807) is 31.4 Å². The molecular formula is C19H24N2O5S. The molecule has 0 spiro atoms. The summed E-state index contributed by atoms with van der Waals surface area (Å²) in [6.45, 7) is 2.92. The van der Waals surface area contributed by atoms with E-state index in [0.29, 0.717) is 36.6 Å². The number of sulfonamides is 1. The zero-order valence-corrected chi connectivity index (χ0v) is 16.2. The minimum absolute atomic E-state index is 0.0479. The van der Waals surface area contributed by atoms with Crippen LogP contribution in [0.2, 0.25) is 0 Å². The minimum Gasteiger partial charge on any atom is -0.492 e. The fraction of sp³-hybridized carbons (Fsp3) is 0.316. The molecule has 0 fully saturated rings. The Hall–Kier alpha value is -2.42. The van der Waals surface area contributed by atoms with Crippen LogP contribution in [-0.2, 0) is 14.8 Å². The van der Waals surface area contributed by atoms with Crippen LogP contribution in [0.15, 0.2) is 53.4 Å². The number of hydrogen-bond donors (Lipinski definition) is 2. The Balaban J connectivity index is 2.24. The normalized spacial score (nSPS) is 11.2. The lowest BCUT2D eigenvalue weighted by molar-refractivity contribution is 0.102. The summed E-state index contributed by atoms with van der Waals surface area (Å²) in [5.74, 6) is 0.0549. The zero-order valence-electron chi connectivity index (χ0n) is 15.4. The molecule has 1 amide bonds.